The maximum atomic E-state index is 10.5. The first-order valence-electron chi connectivity index (χ1n) is 5.73. The van der Waals surface area contributed by atoms with Gasteiger partial charge in [-0.05, 0) is 25.1 Å². The van der Waals surface area contributed by atoms with Crippen LogP contribution in [0.1, 0.15) is 18.9 Å². The smallest absolute Gasteiger partial charge is 0.313 e. The topological polar surface area (TPSA) is 88.1 Å². The van der Waals surface area contributed by atoms with Crippen LogP contribution in [0.2, 0.25) is 5.02 Å². The zero-order valence-electron chi connectivity index (χ0n) is 10.5. The maximum Gasteiger partial charge on any atom is 0.313 e. The fourth-order valence-corrected chi connectivity index (χ4v) is 2.14. The third-order valence-electron chi connectivity index (χ3n) is 2.30. The molecule has 0 aliphatic carbocycles. The van der Waals surface area contributed by atoms with Crippen LogP contribution in [0.25, 0.3) is 0 Å². The van der Waals surface area contributed by atoms with E-state index >= 15 is 0 Å². The molecule has 1 aromatic carbocycles. The number of ether oxygens (including phenoxy) is 1. The molecule has 20 heavy (non-hydrogen) atoms. The first-order chi connectivity index (χ1) is 9.54. The van der Waals surface area contributed by atoms with Crippen LogP contribution in [0.4, 0.5) is 0 Å². The second kappa shape index (κ2) is 6.62. The minimum absolute atomic E-state index is 0.0825. The van der Waals surface area contributed by atoms with Gasteiger partial charge in [0.25, 0.3) is 0 Å². The fourth-order valence-electron chi connectivity index (χ4n) is 1.43. The highest BCUT2D eigenvalue weighted by Crippen LogP contribution is 2.23. The molecule has 0 aliphatic heterocycles. The molecule has 0 bridgehead atoms. The van der Waals surface area contributed by atoms with Crippen LogP contribution in [-0.2, 0) is 4.79 Å². The van der Waals surface area contributed by atoms with Crippen molar-refractivity contribution in [3.63, 3.8) is 0 Å². The molecular weight excluding hydrogens is 302 g/mol. The zero-order valence-corrected chi connectivity index (χ0v) is 12.1. The Morgan fingerprint density at radius 3 is 3.10 bits per heavy atom. The van der Waals surface area contributed by atoms with Crippen molar-refractivity contribution in [2.24, 2.45) is 0 Å². The SMILES string of the molecule is CC(Oc1cccc(Cl)c1)c1nc(SCC(=O)O)n[nH]1. The molecule has 106 valence electrons. The summed E-state index contributed by atoms with van der Waals surface area (Å²) in [5.74, 6) is 0.157. The van der Waals surface area contributed by atoms with Gasteiger partial charge < -0.3 is 9.84 Å². The standard InChI is InChI=1S/C12H12ClN3O3S/c1-7(19-9-4-2-3-8(13)5-9)11-14-12(16-15-11)20-6-10(17)18/h2-5,7H,6H2,1H3,(H,17,18)(H,14,15,16). The number of nitrogens with zero attached hydrogens (tertiary/aromatic N) is 2. The molecule has 0 saturated carbocycles. The Kier molecular flexibility index (Phi) is 4.86. The number of aliphatic carboxylic acids is 1. The van der Waals surface area contributed by atoms with E-state index in [0.29, 0.717) is 21.8 Å². The fraction of sp³-hybridized carbons (Fsp3) is 0.250. The third-order valence-corrected chi connectivity index (χ3v) is 3.37. The Balaban J connectivity index is 1.98. The van der Waals surface area contributed by atoms with E-state index in [1.165, 1.54) is 0 Å². The van der Waals surface area contributed by atoms with Gasteiger partial charge in [-0.1, -0.05) is 29.4 Å². The van der Waals surface area contributed by atoms with E-state index in [0.717, 1.165) is 11.8 Å². The number of aromatic amines is 1. The minimum Gasteiger partial charge on any atom is -0.483 e. The van der Waals surface area contributed by atoms with Gasteiger partial charge in [0.2, 0.25) is 5.16 Å². The summed E-state index contributed by atoms with van der Waals surface area (Å²) in [4.78, 5) is 14.6. The number of hydrogen-bond donors (Lipinski definition) is 2. The van der Waals surface area contributed by atoms with Gasteiger partial charge in [-0.2, -0.15) is 0 Å². The lowest BCUT2D eigenvalue weighted by Gasteiger charge is -2.11. The van der Waals surface area contributed by atoms with Gasteiger partial charge in [-0.15, -0.1) is 5.10 Å². The number of thioether (sulfide) groups is 1. The van der Waals surface area contributed by atoms with E-state index in [4.69, 9.17) is 21.4 Å². The van der Waals surface area contributed by atoms with Crippen LogP contribution in [0.5, 0.6) is 5.75 Å². The van der Waals surface area contributed by atoms with Crippen molar-refractivity contribution < 1.29 is 14.6 Å². The minimum atomic E-state index is -0.912. The van der Waals surface area contributed by atoms with E-state index in [-0.39, 0.29) is 11.9 Å². The summed E-state index contributed by atoms with van der Waals surface area (Å²) < 4.78 is 5.68. The number of nitrogens with one attached hydrogen (secondary N) is 1. The lowest BCUT2D eigenvalue weighted by Crippen LogP contribution is -2.05. The number of carbonyl (C=O) groups is 1. The summed E-state index contributed by atoms with van der Waals surface area (Å²) in [6.07, 6.45) is -0.347. The van der Waals surface area contributed by atoms with Crippen molar-refractivity contribution in [3.05, 3.63) is 35.1 Å². The molecule has 1 aromatic heterocycles. The molecule has 2 N–H and O–H groups in total. The van der Waals surface area contributed by atoms with E-state index in [1.54, 1.807) is 24.3 Å². The molecule has 0 saturated heterocycles. The van der Waals surface area contributed by atoms with Crippen molar-refractivity contribution in [1.82, 2.24) is 15.2 Å². The van der Waals surface area contributed by atoms with E-state index in [9.17, 15) is 4.79 Å². The average Bonchev–Trinajstić information content (AvgIpc) is 2.85. The summed E-state index contributed by atoms with van der Waals surface area (Å²) >= 11 is 6.92. The molecule has 0 spiro atoms. The Morgan fingerprint density at radius 1 is 1.60 bits per heavy atom. The zero-order chi connectivity index (χ0) is 14.5. The molecule has 2 aromatic rings. The lowest BCUT2D eigenvalue weighted by atomic mass is 10.3. The monoisotopic (exact) mass is 313 g/mol. The second-order valence-corrected chi connectivity index (χ2v) is 5.28. The quantitative estimate of drug-likeness (QED) is 0.797. The predicted octanol–water partition coefficient (Wildman–Crippen LogP) is 2.77. The van der Waals surface area contributed by atoms with E-state index in [2.05, 4.69) is 15.2 Å². The number of hydrogen-bond acceptors (Lipinski definition) is 5. The number of aromatic nitrogens is 3. The molecule has 0 aliphatic rings. The predicted molar refractivity (Wildman–Crippen MR) is 75.2 cm³/mol. The number of benzene rings is 1. The number of halogens is 1. The highest BCUT2D eigenvalue weighted by atomic mass is 35.5. The van der Waals surface area contributed by atoms with Crippen molar-refractivity contribution >= 4 is 29.3 Å². The summed E-state index contributed by atoms with van der Waals surface area (Å²) in [5.41, 5.74) is 0. The third kappa shape index (κ3) is 4.14. The molecular formula is C12H12ClN3O3S. The molecule has 1 heterocycles. The Morgan fingerprint density at radius 2 is 2.40 bits per heavy atom. The van der Waals surface area contributed by atoms with Gasteiger partial charge in [-0.3, -0.25) is 9.89 Å². The maximum absolute atomic E-state index is 10.5. The molecule has 6 nitrogen and oxygen atoms in total. The molecule has 1 atom stereocenters. The molecule has 0 radical (unpaired) electrons. The van der Waals surface area contributed by atoms with Crippen molar-refractivity contribution in [3.8, 4) is 5.75 Å². The normalized spacial score (nSPS) is 12.1. The summed E-state index contributed by atoms with van der Waals surface area (Å²) in [5, 5.41) is 16.2. The van der Waals surface area contributed by atoms with Crippen LogP contribution in [-0.4, -0.2) is 32.0 Å². The largest absolute Gasteiger partial charge is 0.483 e. The van der Waals surface area contributed by atoms with E-state index < -0.39 is 5.97 Å². The van der Waals surface area contributed by atoms with E-state index in [1.807, 2.05) is 6.92 Å². The van der Waals surface area contributed by atoms with Crippen LogP contribution < -0.4 is 4.74 Å². The van der Waals surface area contributed by atoms with Gasteiger partial charge in [0.15, 0.2) is 11.9 Å². The highest BCUT2D eigenvalue weighted by molar-refractivity contribution is 7.99. The Hall–Kier alpha value is -1.73. The number of carboxylic acids is 1. The lowest BCUT2D eigenvalue weighted by molar-refractivity contribution is -0.133. The molecule has 0 amide bonds. The van der Waals surface area contributed by atoms with Gasteiger partial charge >= 0.3 is 5.97 Å². The number of H-pyrrole nitrogens is 1. The Labute approximate surface area is 124 Å². The second-order valence-electron chi connectivity index (χ2n) is 3.90. The molecule has 0 fully saturated rings. The van der Waals surface area contributed by atoms with Crippen LogP contribution in [0.3, 0.4) is 0 Å². The first kappa shape index (κ1) is 14.7. The van der Waals surface area contributed by atoms with Crippen molar-refractivity contribution in [2.75, 3.05) is 5.75 Å². The van der Waals surface area contributed by atoms with Crippen LogP contribution in [0.15, 0.2) is 29.4 Å². The number of rotatable bonds is 6. The van der Waals surface area contributed by atoms with Crippen molar-refractivity contribution in [2.45, 2.75) is 18.2 Å². The molecule has 2 rings (SSSR count). The van der Waals surface area contributed by atoms with Crippen LogP contribution in [0, 0.1) is 0 Å². The average molecular weight is 314 g/mol. The van der Waals surface area contributed by atoms with Gasteiger partial charge in [-0.25, -0.2) is 4.98 Å². The highest BCUT2D eigenvalue weighted by Gasteiger charge is 2.14. The molecule has 1 unspecified atom stereocenters. The van der Waals surface area contributed by atoms with Gasteiger partial charge in [0, 0.05) is 5.02 Å². The first-order valence-corrected chi connectivity index (χ1v) is 7.10. The van der Waals surface area contributed by atoms with Crippen molar-refractivity contribution in [1.29, 1.82) is 0 Å². The van der Waals surface area contributed by atoms with Crippen LogP contribution >= 0.6 is 23.4 Å². The summed E-state index contributed by atoms with van der Waals surface area (Å²) in [6.45, 7) is 1.81. The number of carboxylic acid groups (broad SMARTS) is 1. The Bertz CT molecular complexity index is 605. The summed E-state index contributed by atoms with van der Waals surface area (Å²) in [6, 6.07) is 7.04. The van der Waals surface area contributed by atoms with Gasteiger partial charge in [0.1, 0.15) is 5.75 Å². The molecule has 8 heteroatoms. The van der Waals surface area contributed by atoms with Gasteiger partial charge in [0.05, 0.1) is 5.75 Å². The summed E-state index contributed by atoms with van der Waals surface area (Å²) in [7, 11) is 0.